The van der Waals surface area contributed by atoms with Gasteiger partial charge in [-0.1, -0.05) is 18.2 Å². The fraction of sp³-hybridized carbons (Fsp3) is 0.0769. The standard InChI is InChI=1S/C13H12N4/c1-10-14-9-12-7-8-13(17(12)16-10)15-11-5-3-2-4-6-11/h2-9,15H,1H3. The molecule has 4 nitrogen and oxygen atoms in total. The maximum absolute atomic E-state index is 4.37. The smallest absolute Gasteiger partial charge is 0.146 e. The Kier molecular flexibility index (Phi) is 2.26. The number of fused-ring (bicyclic) bond motifs is 1. The van der Waals surface area contributed by atoms with E-state index in [-0.39, 0.29) is 0 Å². The lowest BCUT2D eigenvalue weighted by Gasteiger charge is -2.05. The molecule has 0 aliphatic carbocycles. The summed E-state index contributed by atoms with van der Waals surface area (Å²) in [5.41, 5.74) is 2.03. The van der Waals surface area contributed by atoms with E-state index in [1.165, 1.54) is 0 Å². The van der Waals surface area contributed by atoms with Crippen molar-refractivity contribution in [3.63, 3.8) is 0 Å². The molecule has 0 saturated heterocycles. The first-order chi connectivity index (χ1) is 8.33. The van der Waals surface area contributed by atoms with Crippen molar-refractivity contribution >= 4 is 17.0 Å². The summed E-state index contributed by atoms with van der Waals surface area (Å²) in [4.78, 5) is 4.17. The van der Waals surface area contributed by atoms with Crippen molar-refractivity contribution in [2.75, 3.05) is 5.32 Å². The highest BCUT2D eigenvalue weighted by molar-refractivity contribution is 5.62. The van der Waals surface area contributed by atoms with Crippen molar-refractivity contribution in [2.24, 2.45) is 0 Å². The molecule has 2 aromatic heterocycles. The number of nitrogens with zero attached hydrogens (tertiary/aromatic N) is 3. The Morgan fingerprint density at radius 3 is 2.71 bits per heavy atom. The average Bonchev–Trinajstić information content (AvgIpc) is 2.73. The minimum atomic E-state index is 0.754. The summed E-state index contributed by atoms with van der Waals surface area (Å²) in [7, 11) is 0. The molecule has 3 aromatic rings. The molecule has 2 heterocycles. The second-order valence-electron chi connectivity index (χ2n) is 3.85. The highest BCUT2D eigenvalue weighted by Gasteiger charge is 2.03. The van der Waals surface area contributed by atoms with Crippen LogP contribution in [0.25, 0.3) is 5.52 Å². The zero-order valence-corrected chi connectivity index (χ0v) is 9.46. The van der Waals surface area contributed by atoms with E-state index in [1.807, 2.05) is 60.1 Å². The number of para-hydroxylation sites is 1. The molecule has 0 atom stereocenters. The van der Waals surface area contributed by atoms with E-state index in [1.54, 1.807) is 0 Å². The van der Waals surface area contributed by atoms with Gasteiger partial charge < -0.3 is 5.32 Å². The van der Waals surface area contributed by atoms with Crippen LogP contribution in [0.4, 0.5) is 11.5 Å². The van der Waals surface area contributed by atoms with Crippen LogP contribution in [0, 0.1) is 6.92 Å². The van der Waals surface area contributed by atoms with E-state index < -0.39 is 0 Å². The molecule has 0 fully saturated rings. The predicted molar refractivity (Wildman–Crippen MR) is 67.4 cm³/mol. The third-order valence-electron chi connectivity index (χ3n) is 2.56. The van der Waals surface area contributed by atoms with Crippen molar-refractivity contribution in [1.29, 1.82) is 0 Å². The Labute approximate surface area is 98.9 Å². The van der Waals surface area contributed by atoms with Gasteiger partial charge in [0.05, 0.1) is 11.7 Å². The number of anilines is 2. The first-order valence-corrected chi connectivity index (χ1v) is 5.46. The quantitative estimate of drug-likeness (QED) is 0.727. The minimum Gasteiger partial charge on any atom is -0.340 e. The monoisotopic (exact) mass is 224 g/mol. The molecule has 1 aromatic carbocycles. The highest BCUT2D eigenvalue weighted by atomic mass is 15.3. The van der Waals surface area contributed by atoms with Crippen molar-refractivity contribution in [3.8, 4) is 0 Å². The molecule has 0 aliphatic rings. The van der Waals surface area contributed by atoms with Gasteiger partial charge in [-0.25, -0.2) is 9.50 Å². The molecule has 4 heteroatoms. The molecule has 17 heavy (non-hydrogen) atoms. The minimum absolute atomic E-state index is 0.754. The van der Waals surface area contributed by atoms with Crippen LogP contribution < -0.4 is 5.32 Å². The molecule has 0 saturated carbocycles. The van der Waals surface area contributed by atoms with E-state index >= 15 is 0 Å². The molecule has 3 rings (SSSR count). The molecule has 0 radical (unpaired) electrons. The summed E-state index contributed by atoms with van der Waals surface area (Å²) in [6.45, 7) is 1.88. The van der Waals surface area contributed by atoms with E-state index in [9.17, 15) is 0 Å². The van der Waals surface area contributed by atoms with Crippen LogP contribution in [0.5, 0.6) is 0 Å². The fourth-order valence-corrected chi connectivity index (χ4v) is 1.75. The van der Waals surface area contributed by atoms with Gasteiger partial charge in [0, 0.05) is 5.69 Å². The zero-order chi connectivity index (χ0) is 11.7. The molecule has 0 amide bonds. The Hall–Kier alpha value is -2.36. The molecule has 0 unspecified atom stereocenters. The van der Waals surface area contributed by atoms with Crippen molar-refractivity contribution < 1.29 is 0 Å². The lowest BCUT2D eigenvalue weighted by Crippen LogP contribution is -2.01. The number of hydrogen-bond donors (Lipinski definition) is 1. The summed E-state index contributed by atoms with van der Waals surface area (Å²) in [6, 6.07) is 14.0. The Morgan fingerprint density at radius 1 is 1.06 bits per heavy atom. The number of benzene rings is 1. The van der Waals surface area contributed by atoms with E-state index in [0.717, 1.165) is 22.8 Å². The van der Waals surface area contributed by atoms with Crippen LogP contribution in [-0.2, 0) is 0 Å². The van der Waals surface area contributed by atoms with Crippen molar-refractivity contribution in [1.82, 2.24) is 14.6 Å². The topological polar surface area (TPSA) is 42.2 Å². The third kappa shape index (κ3) is 1.85. The lowest BCUT2D eigenvalue weighted by atomic mass is 10.3. The van der Waals surface area contributed by atoms with Gasteiger partial charge in [0.2, 0.25) is 0 Å². The molecule has 84 valence electrons. The van der Waals surface area contributed by atoms with E-state index in [2.05, 4.69) is 15.4 Å². The van der Waals surface area contributed by atoms with Crippen LogP contribution in [0.3, 0.4) is 0 Å². The summed E-state index contributed by atoms with van der Waals surface area (Å²) in [5.74, 6) is 1.70. The number of rotatable bonds is 2. The summed E-state index contributed by atoms with van der Waals surface area (Å²) >= 11 is 0. The van der Waals surface area contributed by atoms with Crippen LogP contribution in [0.2, 0.25) is 0 Å². The van der Waals surface area contributed by atoms with Gasteiger partial charge in [0.15, 0.2) is 0 Å². The molecular weight excluding hydrogens is 212 g/mol. The number of nitrogens with one attached hydrogen (secondary N) is 1. The van der Waals surface area contributed by atoms with Crippen molar-refractivity contribution in [3.05, 3.63) is 54.5 Å². The maximum Gasteiger partial charge on any atom is 0.146 e. The molecule has 0 spiro atoms. The van der Waals surface area contributed by atoms with E-state index in [0.29, 0.717) is 0 Å². The van der Waals surface area contributed by atoms with Crippen LogP contribution in [-0.4, -0.2) is 14.6 Å². The Balaban J connectivity index is 2.03. The van der Waals surface area contributed by atoms with Gasteiger partial charge in [-0.2, -0.15) is 5.10 Å². The summed E-state index contributed by atoms with van der Waals surface area (Å²) in [5, 5.41) is 7.70. The van der Waals surface area contributed by atoms with Gasteiger partial charge >= 0.3 is 0 Å². The maximum atomic E-state index is 4.37. The Morgan fingerprint density at radius 2 is 1.88 bits per heavy atom. The first kappa shape index (κ1) is 9.84. The summed E-state index contributed by atoms with van der Waals surface area (Å²) in [6.07, 6.45) is 1.82. The molecular formula is C13H12N4. The van der Waals surface area contributed by atoms with Gasteiger partial charge in [-0.05, 0) is 31.2 Å². The number of hydrogen-bond acceptors (Lipinski definition) is 3. The average molecular weight is 224 g/mol. The lowest BCUT2D eigenvalue weighted by molar-refractivity contribution is 0.862. The second kappa shape index (κ2) is 3.90. The van der Waals surface area contributed by atoms with Gasteiger partial charge in [0.1, 0.15) is 11.6 Å². The van der Waals surface area contributed by atoms with Crippen molar-refractivity contribution in [2.45, 2.75) is 6.92 Å². The van der Waals surface area contributed by atoms with E-state index in [4.69, 9.17) is 0 Å². The predicted octanol–water partition coefficient (Wildman–Crippen LogP) is 2.78. The third-order valence-corrected chi connectivity index (χ3v) is 2.56. The van der Waals surface area contributed by atoms with Gasteiger partial charge in [-0.15, -0.1) is 0 Å². The fourth-order valence-electron chi connectivity index (χ4n) is 1.75. The zero-order valence-electron chi connectivity index (χ0n) is 9.46. The van der Waals surface area contributed by atoms with Gasteiger partial charge in [0.25, 0.3) is 0 Å². The van der Waals surface area contributed by atoms with Crippen LogP contribution >= 0.6 is 0 Å². The SMILES string of the molecule is Cc1ncc2ccc(Nc3ccccc3)n2n1. The normalized spacial score (nSPS) is 10.6. The molecule has 1 N–H and O–H groups in total. The Bertz CT molecular complexity index is 643. The van der Waals surface area contributed by atoms with Crippen LogP contribution in [0.1, 0.15) is 5.82 Å². The largest absolute Gasteiger partial charge is 0.340 e. The number of aryl methyl sites for hydroxylation is 1. The van der Waals surface area contributed by atoms with Crippen LogP contribution in [0.15, 0.2) is 48.7 Å². The van der Waals surface area contributed by atoms with Gasteiger partial charge in [-0.3, -0.25) is 0 Å². The number of aromatic nitrogens is 3. The molecule has 0 aliphatic heterocycles. The highest BCUT2D eigenvalue weighted by Crippen LogP contribution is 2.18. The first-order valence-electron chi connectivity index (χ1n) is 5.46. The second-order valence-corrected chi connectivity index (χ2v) is 3.85. The molecule has 0 bridgehead atoms. The summed E-state index contributed by atoms with van der Waals surface area (Å²) < 4.78 is 1.86.